The van der Waals surface area contributed by atoms with E-state index in [2.05, 4.69) is 55.4 Å². The predicted octanol–water partition coefficient (Wildman–Crippen LogP) is 12.5. The van der Waals surface area contributed by atoms with E-state index in [1.54, 1.807) is 24.3 Å². The van der Waals surface area contributed by atoms with Gasteiger partial charge in [-0.1, -0.05) is 0 Å². The van der Waals surface area contributed by atoms with Gasteiger partial charge in [-0.15, -0.1) is 0 Å². The van der Waals surface area contributed by atoms with Gasteiger partial charge in [-0.2, -0.15) is 0 Å². The van der Waals surface area contributed by atoms with E-state index < -0.39 is 38.4 Å². The van der Waals surface area contributed by atoms with Crippen LogP contribution in [-0.4, -0.2) is 62.3 Å². The molecular weight excluding hydrogens is 894 g/mol. The van der Waals surface area contributed by atoms with Crippen LogP contribution in [0.4, 0.5) is 0 Å². The van der Waals surface area contributed by atoms with Gasteiger partial charge < -0.3 is 0 Å². The molecule has 0 aliphatic heterocycles. The van der Waals surface area contributed by atoms with Gasteiger partial charge >= 0.3 is 340 Å². The van der Waals surface area contributed by atoms with Crippen molar-refractivity contribution < 1.29 is 31.5 Å². The van der Waals surface area contributed by atoms with Crippen molar-refractivity contribution in [3.05, 3.63) is 71.8 Å². The first-order valence-corrected chi connectivity index (χ1v) is 34.7. The number of benzene rings is 2. The van der Waals surface area contributed by atoms with Crippen LogP contribution >= 0.6 is 0 Å². The maximum absolute atomic E-state index is 12.7. The quantitative estimate of drug-likeness (QED) is 0.0849. The Hall–Kier alpha value is -2.08. The van der Waals surface area contributed by atoms with Crippen molar-refractivity contribution in [2.75, 3.05) is 0 Å². The average Bonchev–Trinajstić information content (AvgIpc) is 3.09. The van der Waals surface area contributed by atoms with Crippen molar-refractivity contribution in [1.29, 1.82) is 0 Å². The van der Waals surface area contributed by atoms with Crippen LogP contribution in [0, 0.1) is 10.8 Å². The van der Waals surface area contributed by atoms with Crippen molar-refractivity contribution in [2.45, 2.75) is 164 Å². The maximum atomic E-state index is 12.7. The van der Waals surface area contributed by atoms with E-state index in [1.165, 1.54) is 12.8 Å². The number of rotatable bonds is 22. The number of carbonyl (C=O) groups is 4. The zero-order chi connectivity index (χ0) is 40.7. The van der Waals surface area contributed by atoms with E-state index in [-0.39, 0.29) is 23.9 Å². The van der Waals surface area contributed by atoms with Crippen molar-refractivity contribution in [2.24, 2.45) is 10.8 Å². The Bertz CT molecular complexity index is 1260. The first-order valence-electron chi connectivity index (χ1n) is 20.3. The molecular formula is C44H72O8Sn2. The molecule has 0 radical (unpaired) electrons. The van der Waals surface area contributed by atoms with Gasteiger partial charge in [0.25, 0.3) is 0 Å². The average molecular weight is 966 g/mol. The summed E-state index contributed by atoms with van der Waals surface area (Å²) in [6, 6.07) is 17.9. The summed E-state index contributed by atoms with van der Waals surface area (Å²) >= 11 is -7.45. The molecule has 0 aliphatic rings. The Labute approximate surface area is 338 Å². The fourth-order valence-corrected chi connectivity index (χ4v) is 19.2. The molecule has 54 heavy (non-hydrogen) atoms. The normalized spacial score (nSPS) is 11.9. The van der Waals surface area contributed by atoms with Crippen LogP contribution in [0.1, 0.15) is 166 Å². The van der Waals surface area contributed by atoms with E-state index in [0.29, 0.717) is 43.7 Å². The molecule has 0 aromatic heterocycles. The Morgan fingerprint density at radius 2 is 0.852 bits per heavy atom. The molecule has 2 aromatic carbocycles. The molecule has 304 valence electrons. The molecule has 8 nitrogen and oxygen atoms in total. The summed E-state index contributed by atoms with van der Waals surface area (Å²) in [7, 11) is 0. The van der Waals surface area contributed by atoms with E-state index in [4.69, 9.17) is 12.3 Å². The summed E-state index contributed by atoms with van der Waals surface area (Å²) in [5.41, 5.74) is 1.70. The summed E-state index contributed by atoms with van der Waals surface area (Å²) in [4.78, 5) is 53.2. The Morgan fingerprint density at radius 3 is 1.17 bits per heavy atom. The number of hydrogen-bond donors (Lipinski definition) is 0. The van der Waals surface area contributed by atoms with Crippen LogP contribution in [0.3, 0.4) is 0 Å². The summed E-state index contributed by atoms with van der Waals surface area (Å²) in [6.45, 7) is 17.6. The summed E-state index contributed by atoms with van der Waals surface area (Å²) in [6.07, 6.45) is 12.9. The zero-order valence-corrected chi connectivity index (χ0v) is 41.1. The van der Waals surface area contributed by atoms with Crippen molar-refractivity contribution >= 4 is 62.3 Å². The second-order valence-electron chi connectivity index (χ2n) is 17.2. The third kappa shape index (κ3) is 24.4. The van der Waals surface area contributed by atoms with Gasteiger partial charge in [0.2, 0.25) is 0 Å². The fourth-order valence-electron chi connectivity index (χ4n) is 5.72. The number of unbranched alkanes of at least 4 members (excludes halogenated alkanes) is 6. The van der Waals surface area contributed by atoms with Gasteiger partial charge in [0, 0.05) is 0 Å². The third-order valence-corrected chi connectivity index (χ3v) is 22.4. The van der Waals surface area contributed by atoms with E-state index in [1.807, 2.05) is 46.3 Å². The SMILES string of the molecule is CC(C)(C)CCCCCC(=O)[O][Sn]([CH3])([CH3])[O]C(=O)CCCCCC(C)(C)C.CCC[CH2][Sn]([CH2]CCC)([O]C(=O)c1ccccc1)[O]C(=O)c1ccccc1. The van der Waals surface area contributed by atoms with Gasteiger partial charge in [-0.25, -0.2) is 0 Å². The second kappa shape index (κ2) is 26.0. The molecule has 0 saturated carbocycles. The topological polar surface area (TPSA) is 105 Å². The van der Waals surface area contributed by atoms with Gasteiger partial charge in [0.15, 0.2) is 0 Å². The minimum atomic E-state index is -3.94. The van der Waals surface area contributed by atoms with Gasteiger partial charge in [-0.3, -0.25) is 0 Å². The van der Waals surface area contributed by atoms with Crippen molar-refractivity contribution in [1.82, 2.24) is 0 Å². The monoisotopic (exact) mass is 968 g/mol. The van der Waals surface area contributed by atoms with E-state index in [0.717, 1.165) is 64.2 Å². The molecule has 0 saturated heterocycles. The first kappa shape index (κ1) is 49.9. The third-order valence-electron chi connectivity index (χ3n) is 8.73. The van der Waals surface area contributed by atoms with Crippen molar-refractivity contribution in [3.8, 4) is 0 Å². The molecule has 0 aliphatic carbocycles. The first-order chi connectivity index (χ1) is 25.3. The van der Waals surface area contributed by atoms with Crippen molar-refractivity contribution in [3.63, 3.8) is 0 Å². The number of hydrogen-bond acceptors (Lipinski definition) is 8. The van der Waals surface area contributed by atoms with Crippen LogP contribution in [0.2, 0.25) is 18.8 Å². The zero-order valence-electron chi connectivity index (χ0n) is 35.4. The Balaban J connectivity index is 0.000000540. The molecule has 10 heteroatoms. The molecule has 0 N–H and O–H groups in total. The molecule has 0 fully saturated rings. The van der Waals surface area contributed by atoms with Crippen LogP contribution < -0.4 is 0 Å². The van der Waals surface area contributed by atoms with Crippen LogP contribution in [0.25, 0.3) is 0 Å². The number of carbonyl (C=O) groups excluding carboxylic acids is 4. The molecule has 0 heterocycles. The fraction of sp³-hybridized carbons (Fsp3) is 0.636. The van der Waals surface area contributed by atoms with Crippen LogP contribution in [-0.2, 0) is 21.9 Å². The second-order valence-corrected chi connectivity index (χ2v) is 35.6. The predicted molar refractivity (Wildman–Crippen MR) is 224 cm³/mol. The van der Waals surface area contributed by atoms with Crippen LogP contribution in [0.15, 0.2) is 60.7 Å². The molecule has 2 rings (SSSR count). The molecule has 0 amide bonds. The summed E-state index contributed by atoms with van der Waals surface area (Å²) < 4.78 is 24.6. The minimum absolute atomic E-state index is 0.204. The molecule has 0 bridgehead atoms. The van der Waals surface area contributed by atoms with E-state index >= 15 is 0 Å². The Morgan fingerprint density at radius 1 is 0.500 bits per heavy atom. The summed E-state index contributed by atoms with van der Waals surface area (Å²) in [5, 5.41) is 0. The molecule has 0 unspecified atom stereocenters. The molecule has 0 atom stereocenters. The van der Waals surface area contributed by atoms with Gasteiger partial charge in [0.05, 0.1) is 0 Å². The summed E-state index contributed by atoms with van der Waals surface area (Å²) in [5.74, 6) is -1.16. The molecule has 0 spiro atoms. The van der Waals surface area contributed by atoms with E-state index in [9.17, 15) is 19.2 Å². The van der Waals surface area contributed by atoms with Crippen LogP contribution in [0.5, 0.6) is 0 Å². The van der Waals surface area contributed by atoms with Gasteiger partial charge in [-0.05, 0) is 0 Å². The Kier molecular flexibility index (Phi) is 24.0. The standard InChI is InChI=1S/2C10H20O2.2C7H6O2.2C4H9.2CH3.2Sn/c2*1-10(2,3)8-6-4-5-7-9(11)12;2*8-7(9)6-4-2-1-3-5-6;2*1-3-4-2;;;;/h2*4-8H2,1-3H3,(H,11,12);2*1-5H,(H,8,9);2*1,3-4H2,2H3;2*1H3;;/q;;;;;;;;2*+2/p-4. The van der Waals surface area contributed by atoms with Gasteiger partial charge in [0.1, 0.15) is 0 Å². The molecule has 2 aromatic rings.